The summed E-state index contributed by atoms with van der Waals surface area (Å²) in [6.07, 6.45) is 0. The number of hydrogen-bond acceptors (Lipinski definition) is 3. The maximum Gasteiger partial charge on any atom is 0.235 e. The number of nitrogen functional groups attached to an aromatic ring is 1. The van der Waals surface area contributed by atoms with Gasteiger partial charge in [-0.15, -0.1) is 0 Å². The van der Waals surface area contributed by atoms with Crippen LogP contribution in [0.15, 0.2) is 23.1 Å². The lowest BCUT2D eigenvalue weighted by Gasteiger charge is -2.12. The highest BCUT2D eigenvalue weighted by Crippen LogP contribution is 2.21. The first-order chi connectivity index (χ1) is 7.49. The van der Waals surface area contributed by atoms with Crippen molar-refractivity contribution >= 4 is 22.4 Å². The van der Waals surface area contributed by atoms with Crippen LogP contribution in [-0.2, 0) is 15.6 Å². The van der Waals surface area contributed by atoms with Gasteiger partial charge < -0.3 is 11.1 Å². The van der Waals surface area contributed by atoms with Crippen LogP contribution in [0.25, 0.3) is 0 Å². The maximum atomic E-state index is 12.1. The second-order valence-corrected chi connectivity index (χ2v) is 5.27. The molecule has 0 aliphatic rings. The standard InChI is InChI=1S/C11H16N2O2S/c1-7-9(12)5-4-6-10(7)16(15)8(2)11(14)13-3/h4-6,8H,12H2,1-3H3,(H,13,14). The molecular formula is C11H16N2O2S. The molecule has 0 heterocycles. The van der Waals surface area contributed by atoms with E-state index in [1.165, 1.54) is 7.05 Å². The number of amides is 1. The zero-order chi connectivity index (χ0) is 12.3. The fourth-order valence-corrected chi connectivity index (χ4v) is 2.67. The van der Waals surface area contributed by atoms with Crippen molar-refractivity contribution in [2.24, 2.45) is 0 Å². The second-order valence-electron chi connectivity index (χ2n) is 3.52. The van der Waals surface area contributed by atoms with Crippen LogP contribution in [-0.4, -0.2) is 22.4 Å². The van der Waals surface area contributed by atoms with Gasteiger partial charge in [-0.1, -0.05) is 6.07 Å². The first kappa shape index (κ1) is 12.7. The predicted molar refractivity (Wildman–Crippen MR) is 65.5 cm³/mol. The van der Waals surface area contributed by atoms with Crippen molar-refractivity contribution in [2.45, 2.75) is 24.0 Å². The van der Waals surface area contributed by atoms with Crippen LogP contribution in [0, 0.1) is 6.92 Å². The zero-order valence-electron chi connectivity index (χ0n) is 9.61. The smallest absolute Gasteiger partial charge is 0.235 e. The quantitative estimate of drug-likeness (QED) is 0.768. The minimum atomic E-state index is -1.37. The molecule has 1 amide bonds. The van der Waals surface area contributed by atoms with E-state index in [0.717, 1.165) is 5.56 Å². The van der Waals surface area contributed by atoms with Crippen LogP contribution in [0.3, 0.4) is 0 Å². The highest BCUT2D eigenvalue weighted by atomic mass is 32.2. The van der Waals surface area contributed by atoms with Gasteiger partial charge in [0.1, 0.15) is 5.25 Å². The molecular weight excluding hydrogens is 224 g/mol. The minimum absolute atomic E-state index is 0.236. The first-order valence-electron chi connectivity index (χ1n) is 4.96. The Morgan fingerprint density at radius 1 is 1.50 bits per heavy atom. The molecule has 16 heavy (non-hydrogen) atoms. The van der Waals surface area contributed by atoms with Crippen LogP contribution < -0.4 is 11.1 Å². The Morgan fingerprint density at radius 3 is 2.69 bits per heavy atom. The van der Waals surface area contributed by atoms with E-state index in [9.17, 15) is 9.00 Å². The van der Waals surface area contributed by atoms with Crippen molar-refractivity contribution in [1.82, 2.24) is 5.32 Å². The zero-order valence-corrected chi connectivity index (χ0v) is 10.4. The SMILES string of the molecule is CNC(=O)C(C)S(=O)c1cccc(N)c1C. The van der Waals surface area contributed by atoms with E-state index in [0.29, 0.717) is 10.6 Å². The van der Waals surface area contributed by atoms with Gasteiger partial charge in [-0.25, -0.2) is 0 Å². The van der Waals surface area contributed by atoms with Gasteiger partial charge in [0.2, 0.25) is 5.91 Å². The molecule has 0 aliphatic carbocycles. The maximum absolute atomic E-state index is 12.1. The van der Waals surface area contributed by atoms with Crippen LogP contribution >= 0.6 is 0 Å². The van der Waals surface area contributed by atoms with Gasteiger partial charge in [-0.3, -0.25) is 9.00 Å². The predicted octanol–water partition coefficient (Wildman–Crippen LogP) is 0.819. The molecule has 4 nitrogen and oxygen atoms in total. The first-order valence-corrected chi connectivity index (χ1v) is 6.17. The van der Waals surface area contributed by atoms with E-state index in [1.807, 2.05) is 0 Å². The second kappa shape index (κ2) is 5.12. The normalized spacial score (nSPS) is 14.2. The summed E-state index contributed by atoms with van der Waals surface area (Å²) < 4.78 is 12.1. The third-order valence-electron chi connectivity index (χ3n) is 2.48. The Bertz CT molecular complexity index is 432. The van der Waals surface area contributed by atoms with Crippen LogP contribution in [0.2, 0.25) is 0 Å². The summed E-state index contributed by atoms with van der Waals surface area (Å²) in [4.78, 5) is 12.0. The topological polar surface area (TPSA) is 72.2 Å². The third-order valence-corrected chi connectivity index (χ3v) is 4.21. The number of carbonyl (C=O) groups is 1. The van der Waals surface area contributed by atoms with E-state index in [-0.39, 0.29) is 5.91 Å². The lowest BCUT2D eigenvalue weighted by atomic mass is 10.2. The van der Waals surface area contributed by atoms with E-state index in [4.69, 9.17) is 5.73 Å². The Kier molecular flexibility index (Phi) is 4.06. The van der Waals surface area contributed by atoms with Crippen molar-refractivity contribution in [2.75, 3.05) is 12.8 Å². The largest absolute Gasteiger partial charge is 0.398 e. The van der Waals surface area contributed by atoms with Gasteiger partial charge in [0.05, 0.1) is 10.8 Å². The summed E-state index contributed by atoms with van der Waals surface area (Å²) in [5, 5.41) is 1.91. The summed E-state index contributed by atoms with van der Waals surface area (Å²) in [7, 11) is 0.158. The fraction of sp³-hybridized carbons (Fsp3) is 0.364. The molecule has 0 aromatic heterocycles. The molecule has 88 valence electrons. The molecule has 1 aromatic rings. The number of nitrogens with one attached hydrogen (secondary N) is 1. The molecule has 3 N–H and O–H groups in total. The van der Waals surface area contributed by atoms with Gasteiger partial charge in [0.15, 0.2) is 0 Å². The van der Waals surface area contributed by atoms with Crippen molar-refractivity contribution in [3.63, 3.8) is 0 Å². The summed E-state index contributed by atoms with van der Waals surface area (Å²) in [5.74, 6) is -0.236. The van der Waals surface area contributed by atoms with Gasteiger partial charge in [0, 0.05) is 17.6 Å². The molecule has 0 fully saturated rings. The molecule has 5 heteroatoms. The van der Waals surface area contributed by atoms with E-state index in [1.54, 1.807) is 32.0 Å². The van der Waals surface area contributed by atoms with Gasteiger partial charge in [-0.05, 0) is 31.5 Å². The summed E-state index contributed by atoms with van der Waals surface area (Å²) >= 11 is 0. The van der Waals surface area contributed by atoms with Crippen molar-refractivity contribution in [3.8, 4) is 0 Å². The molecule has 1 aromatic carbocycles. The number of rotatable bonds is 3. The number of nitrogens with two attached hydrogens (primary N) is 1. The monoisotopic (exact) mass is 240 g/mol. The molecule has 0 saturated heterocycles. The Hall–Kier alpha value is -1.36. The summed E-state index contributed by atoms with van der Waals surface area (Å²) in [6.45, 7) is 3.44. The fourth-order valence-electron chi connectivity index (χ4n) is 1.34. The third kappa shape index (κ3) is 2.41. The Balaban J connectivity index is 3.06. The number of hydrogen-bond donors (Lipinski definition) is 2. The number of carbonyl (C=O) groups excluding carboxylic acids is 1. The minimum Gasteiger partial charge on any atom is -0.398 e. The van der Waals surface area contributed by atoms with Crippen LogP contribution in [0.1, 0.15) is 12.5 Å². The van der Waals surface area contributed by atoms with Crippen LogP contribution in [0.5, 0.6) is 0 Å². The highest BCUT2D eigenvalue weighted by Gasteiger charge is 2.21. The molecule has 0 spiro atoms. The molecule has 0 aliphatic heterocycles. The van der Waals surface area contributed by atoms with Gasteiger partial charge in [-0.2, -0.15) is 0 Å². The lowest BCUT2D eigenvalue weighted by Crippen LogP contribution is -2.33. The molecule has 2 unspecified atom stereocenters. The van der Waals surface area contributed by atoms with E-state index >= 15 is 0 Å². The van der Waals surface area contributed by atoms with Crippen molar-refractivity contribution in [1.29, 1.82) is 0 Å². The number of anilines is 1. The Morgan fingerprint density at radius 2 is 2.12 bits per heavy atom. The highest BCUT2D eigenvalue weighted by molar-refractivity contribution is 7.86. The molecule has 2 atom stereocenters. The summed E-state index contributed by atoms with van der Waals surface area (Å²) in [6, 6.07) is 5.23. The molecule has 0 radical (unpaired) electrons. The van der Waals surface area contributed by atoms with Crippen LogP contribution in [0.4, 0.5) is 5.69 Å². The van der Waals surface area contributed by atoms with E-state index in [2.05, 4.69) is 5.32 Å². The summed E-state index contributed by atoms with van der Waals surface area (Å²) in [5.41, 5.74) is 7.10. The molecule has 0 saturated carbocycles. The van der Waals surface area contributed by atoms with E-state index < -0.39 is 16.0 Å². The average molecular weight is 240 g/mol. The molecule has 1 rings (SSSR count). The number of benzene rings is 1. The van der Waals surface area contributed by atoms with Crippen molar-refractivity contribution < 1.29 is 9.00 Å². The van der Waals surface area contributed by atoms with Gasteiger partial charge >= 0.3 is 0 Å². The van der Waals surface area contributed by atoms with Crippen molar-refractivity contribution in [3.05, 3.63) is 23.8 Å². The average Bonchev–Trinajstić information content (AvgIpc) is 2.29. The Labute approximate surface area is 97.7 Å². The lowest BCUT2D eigenvalue weighted by molar-refractivity contribution is -0.119. The molecule has 0 bridgehead atoms. The van der Waals surface area contributed by atoms with Gasteiger partial charge in [0.25, 0.3) is 0 Å².